The van der Waals surface area contributed by atoms with Crippen molar-refractivity contribution in [2.75, 3.05) is 26.5 Å². The Morgan fingerprint density at radius 1 is 1.32 bits per heavy atom. The predicted octanol–water partition coefficient (Wildman–Crippen LogP) is 3.26. The van der Waals surface area contributed by atoms with Gasteiger partial charge in [-0.25, -0.2) is 4.79 Å². The largest absolute Gasteiger partial charge is 0.497 e. The van der Waals surface area contributed by atoms with Crippen LogP contribution in [0.15, 0.2) is 18.2 Å². The molecular weight excluding hydrogens is 300 g/mol. The molecule has 0 radical (unpaired) electrons. The van der Waals surface area contributed by atoms with Crippen molar-refractivity contribution in [3.63, 3.8) is 0 Å². The van der Waals surface area contributed by atoms with Crippen LogP contribution >= 0.6 is 11.8 Å². The molecule has 1 aliphatic rings. The van der Waals surface area contributed by atoms with Crippen LogP contribution in [0.1, 0.15) is 31.7 Å². The molecule has 6 heteroatoms. The van der Waals surface area contributed by atoms with Gasteiger partial charge in [-0.05, 0) is 39.0 Å². The van der Waals surface area contributed by atoms with Gasteiger partial charge in [-0.2, -0.15) is 0 Å². The number of rotatable bonds is 3. The average molecular weight is 324 g/mol. The van der Waals surface area contributed by atoms with E-state index in [4.69, 9.17) is 9.47 Å². The van der Waals surface area contributed by atoms with Crippen molar-refractivity contribution >= 4 is 17.8 Å². The lowest BCUT2D eigenvalue weighted by molar-refractivity contribution is 0.190. The van der Waals surface area contributed by atoms with E-state index >= 15 is 0 Å². The number of nitrogens with one attached hydrogen (secondary N) is 1. The Kier molecular flexibility index (Phi) is 5.11. The summed E-state index contributed by atoms with van der Waals surface area (Å²) in [5, 5.41) is 2.97. The molecule has 0 aromatic heterocycles. The predicted molar refractivity (Wildman–Crippen MR) is 89.7 cm³/mol. The summed E-state index contributed by atoms with van der Waals surface area (Å²) in [7, 11) is 3.28. The third-order valence-electron chi connectivity index (χ3n) is 3.34. The van der Waals surface area contributed by atoms with Crippen LogP contribution in [0, 0.1) is 0 Å². The van der Waals surface area contributed by atoms with Crippen molar-refractivity contribution in [3.05, 3.63) is 23.8 Å². The molecule has 0 aliphatic carbocycles. The summed E-state index contributed by atoms with van der Waals surface area (Å²) >= 11 is 1.74. The van der Waals surface area contributed by atoms with E-state index in [-0.39, 0.29) is 16.9 Å². The lowest BCUT2D eigenvalue weighted by atomic mass is 10.1. The molecule has 1 fully saturated rings. The molecule has 22 heavy (non-hydrogen) atoms. The molecule has 5 nitrogen and oxygen atoms in total. The fourth-order valence-electron chi connectivity index (χ4n) is 2.36. The number of hydrogen-bond acceptors (Lipinski definition) is 4. The highest BCUT2D eigenvalue weighted by molar-refractivity contribution is 7.99. The quantitative estimate of drug-likeness (QED) is 0.927. The number of thioether (sulfide) groups is 1. The van der Waals surface area contributed by atoms with E-state index in [1.807, 2.05) is 43.9 Å². The van der Waals surface area contributed by atoms with Crippen LogP contribution in [0.5, 0.6) is 11.5 Å². The van der Waals surface area contributed by atoms with E-state index in [1.54, 1.807) is 26.0 Å². The van der Waals surface area contributed by atoms with Crippen LogP contribution in [0.4, 0.5) is 4.79 Å². The van der Waals surface area contributed by atoms with Crippen molar-refractivity contribution in [2.24, 2.45) is 0 Å². The van der Waals surface area contributed by atoms with E-state index in [1.165, 1.54) is 0 Å². The molecule has 2 amide bonds. The molecule has 2 rings (SSSR count). The number of benzene rings is 1. The van der Waals surface area contributed by atoms with Gasteiger partial charge in [-0.15, -0.1) is 11.8 Å². The van der Waals surface area contributed by atoms with Gasteiger partial charge < -0.3 is 19.7 Å². The minimum Gasteiger partial charge on any atom is -0.497 e. The molecule has 0 unspecified atom stereocenters. The van der Waals surface area contributed by atoms with Crippen molar-refractivity contribution in [1.82, 2.24) is 10.2 Å². The molecule has 1 saturated heterocycles. The zero-order chi connectivity index (χ0) is 16.3. The summed E-state index contributed by atoms with van der Waals surface area (Å²) in [5.41, 5.74) is 0.710. The molecule has 1 atom stereocenters. The van der Waals surface area contributed by atoms with E-state index < -0.39 is 0 Å². The number of carbonyl (C=O) groups excluding carboxylic acids is 1. The van der Waals surface area contributed by atoms with Crippen LogP contribution in [0.3, 0.4) is 0 Å². The Labute approximate surface area is 136 Å². The number of hydrogen-bond donors (Lipinski definition) is 1. The van der Waals surface area contributed by atoms with Gasteiger partial charge in [0.15, 0.2) is 0 Å². The van der Waals surface area contributed by atoms with Gasteiger partial charge in [0.25, 0.3) is 0 Å². The topological polar surface area (TPSA) is 50.8 Å². The van der Waals surface area contributed by atoms with Gasteiger partial charge in [0.1, 0.15) is 16.9 Å². The van der Waals surface area contributed by atoms with Gasteiger partial charge in [0, 0.05) is 23.4 Å². The summed E-state index contributed by atoms with van der Waals surface area (Å²) in [4.78, 5) is 14.4. The Morgan fingerprint density at radius 2 is 2.05 bits per heavy atom. The fourth-order valence-corrected chi connectivity index (χ4v) is 3.63. The number of urea groups is 1. The maximum atomic E-state index is 12.5. The second-order valence-corrected chi connectivity index (χ2v) is 7.39. The van der Waals surface area contributed by atoms with Crippen LogP contribution in [0.2, 0.25) is 0 Å². The van der Waals surface area contributed by atoms with Crippen LogP contribution in [0.25, 0.3) is 0 Å². The molecule has 1 aliphatic heterocycles. The third kappa shape index (κ3) is 3.80. The lowest BCUT2D eigenvalue weighted by Gasteiger charge is -2.30. The highest BCUT2D eigenvalue weighted by Crippen LogP contribution is 2.43. The van der Waals surface area contributed by atoms with Crippen LogP contribution < -0.4 is 14.8 Å². The first-order chi connectivity index (χ1) is 10.4. The fraction of sp³-hybridized carbons (Fsp3) is 0.562. The zero-order valence-corrected chi connectivity index (χ0v) is 14.6. The maximum Gasteiger partial charge on any atom is 0.319 e. The first kappa shape index (κ1) is 16.8. The van der Waals surface area contributed by atoms with Crippen LogP contribution in [-0.4, -0.2) is 43.0 Å². The molecule has 0 bridgehead atoms. The molecule has 1 heterocycles. The van der Waals surface area contributed by atoms with Gasteiger partial charge in [-0.1, -0.05) is 0 Å². The average Bonchev–Trinajstić information content (AvgIpc) is 2.94. The summed E-state index contributed by atoms with van der Waals surface area (Å²) in [6.07, 6.45) is 0. The SMILES string of the molecule is COc1ccc(OC)c([C@@H]2SCCN2C(=O)NC(C)(C)C)c1. The van der Waals surface area contributed by atoms with Crippen LogP contribution in [-0.2, 0) is 0 Å². The third-order valence-corrected chi connectivity index (χ3v) is 4.58. The van der Waals surface area contributed by atoms with E-state index in [0.29, 0.717) is 0 Å². The Balaban J connectivity index is 2.28. The second-order valence-electron chi connectivity index (χ2n) is 6.20. The highest BCUT2D eigenvalue weighted by atomic mass is 32.2. The van der Waals surface area contributed by atoms with Crippen molar-refractivity contribution in [3.8, 4) is 11.5 Å². The molecule has 1 aromatic rings. The van der Waals surface area contributed by atoms with E-state index in [0.717, 1.165) is 29.4 Å². The van der Waals surface area contributed by atoms with E-state index in [9.17, 15) is 4.79 Å². The first-order valence-corrected chi connectivity index (χ1v) is 8.33. The van der Waals surface area contributed by atoms with Gasteiger partial charge in [0.2, 0.25) is 0 Å². The Bertz CT molecular complexity index is 543. The number of nitrogens with zero attached hydrogens (tertiary/aromatic N) is 1. The normalized spacial score (nSPS) is 18.2. The maximum absolute atomic E-state index is 12.5. The smallest absolute Gasteiger partial charge is 0.319 e. The van der Waals surface area contributed by atoms with Crippen molar-refractivity contribution in [1.29, 1.82) is 0 Å². The molecule has 1 N–H and O–H groups in total. The molecule has 1 aromatic carbocycles. The monoisotopic (exact) mass is 324 g/mol. The first-order valence-electron chi connectivity index (χ1n) is 7.28. The second kappa shape index (κ2) is 6.69. The highest BCUT2D eigenvalue weighted by Gasteiger charge is 2.34. The van der Waals surface area contributed by atoms with Gasteiger partial charge >= 0.3 is 6.03 Å². The number of ether oxygens (including phenoxy) is 2. The standard InChI is InChI=1S/C16H24N2O3S/c1-16(2,3)17-15(19)18-8-9-22-14(18)12-10-11(20-4)6-7-13(12)21-5/h6-7,10,14H,8-9H2,1-5H3,(H,17,19)/t14-/m0/s1. The summed E-state index contributed by atoms with van der Waals surface area (Å²) < 4.78 is 10.8. The minimum absolute atomic E-state index is 0.0487. The molecular formula is C16H24N2O3S. The molecule has 0 saturated carbocycles. The summed E-state index contributed by atoms with van der Waals surface area (Å²) in [6, 6.07) is 5.64. The number of amides is 2. The lowest BCUT2D eigenvalue weighted by Crippen LogP contribution is -2.48. The van der Waals surface area contributed by atoms with Gasteiger partial charge in [0.05, 0.1) is 14.2 Å². The minimum atomic E-state index is -0.257. The van der Waals surface area contributed by atoms with Crippen molar-refractivity contribution in [2.45, 2.75) is 31.7 Å². The summed E-state index contributed by atoms with van der Waals surface area (Å²) in [5.74, 6) is 2.44. The number of carbonyl (C=O) groups is 1. The zero-order valence-electron chi connectivity index (χ0n) is 13.8. The number of methoxy groups -OCH3 is 2. The van der Waals surface area contributed by atoms with Crippen molar-refractivity contribution < 1.29 is 14.3 Å². The Hall–Kier alpha value is -1.56. The molecule has 0 spiro atoms. The molecule has 122 valence electrons. The van der Waals surface area contributed by atoms with Gasteiger partial charge in [-0.3, -0.25) is 0 Å². The van der Waals surface area contributed by atoms with E-state index in [2.05, 4.69) is 5.32 Å². The Morgan fingerprint density at radius 3 is 2.64 bits per heavy atom. The summed E-state index contributed by atoms with van der Waals surface area (Å²) in [6.45, 7) is 6.66.